The van der Waals surface area contributed by atoms with Crippen LogP contribution < -0.4 is 45.7 Å². The van der Waals surface area contributed by atoms with Gasteiger partial charge in [-0.3, -0.25) is 10.2 Å². The molecule has 0 spiro atoms. The molecule has 0 bridgehead atoms. The number of rotatable bonds is 5. The van der Waals surface area contributed by atoms with Gasteiger partial charge in [0.1, 0.15) is 0 Å². The van der Waals surface area contributed by atoms with Crippen molar-refractivity contribution in [2.45, 2.75) is 18.9 Å². The van der Waals surface area contributed by atoms with E-state index in [0.29, 0.717) is 0 Å². The number of aliphatic carboxylic acids is 2. The van der Waals surface area contributed by atoms with Crippen LogP contribution in [0.2, 0.25) is 0 Å². The van der Waals surface area contributed by atoms with Crippen LogP contribution in [0.3, 0.4) is 0 Å². The quantitative estimate of drug-likeness (QED) is 0.203. The van der Waals surface area contributed by atoms with Crippen LogP contribution in [-0.4, -0.2) is 29.0 Å². The zero-order valence-corrected chi connectivity index (χ0v) is 9.74. The third-order valence-corrected chi connectivity index (χ3v) is 1.26. The summed E-state index contributed by atoms with van der Waals surface area (Å²) >= 11 is 0. The molecule has 0 rings (SSSR count). The van der Waals surface area contributed by atoms with Gasteiger partial charge in [0.15, 0.2) is 5.96 Å². The predicted molar refractivity (Wildman–Crippen MR) is 40.7 cm³/mol. The summed E-state index contributed by atoms with van der Waals surface area (Å²) in [6.07, 6.45) is -0.490. The van der Waals surface area contributed by atoms with Crippen molar-refractivity contribution in [2.75, 3.05) is 0 Å². The summed E-state index contributed by atoms with van der Waals surface area (Å²) in [6.45, 7) is 0. The molecule has 0 aromatic heterocycles. The second-order valence-corrected chi connectivity index (χ2v) is 2.36. The van der Waals surface area contributed by atoms with E-state index >= 15 is 0 Å². The molecule has 0 saturated carbocycles. The molecule has 74 valence electrons. The first-order valence-corrected chi connectivity index (χ1v) is 3.46. The minimum absolute atomic E-state index is 0. The van der Waals surface area contributed by atoms with Crippen LogP contribution in [0.5, 0.6) is 0 Å². The SMILES string of the molecule is N=C(N)NC(CCC(=O)O)C(=O)[O-].[Na+]. The van der Waals surface area contributed by atoms with E-state index in [2.05, 4.69) is 5.32 Å². The van der Waals surface area contributed by atoms with E-state index in [1.807, 2.05) is 0 Å². The maximum atomic E-state index is 10.3. The Morgan fingerprint density at radius 1 is 1.57 bits per heavy atom. The summed E-state index contributed by atoms with van der Waals surface area (Å²) in [5, 5.41) is 27.4. The Morgan fingerprint density at radius 3 is 2.36 bits per heavy atom. The zero-order valence-electron chi connectivity index (χ0n) is 7.74. The van der Waals surface area contributed by atoms with Crippen molar-refractivity contribution in [1.82, 2.24) is 5.32 Å². The Balaban J connectivity index is 0. The van der Waals surface area contributed by atoms with Crippen LogP contribution in [0.4, 0.5) is 0 Å². The molecule has 0 aliphatic rings. The van der Waals surface area contributed by atoms with Crippen LogP contribution in [0, 0.1) is 5.41 Å². The maximum Gasteiger partial charge on any atom is 1.00 e. The normalized spacial score (nSPS) is 10.9. The molecule has 0 aliphatic carbocycles. The number of nitrogens with one attached hydrogen (secondary N) is 2. The van der Waals surface area contributed by atoms with Crippen molar-refractivity contribution < 1.29 is 49.4 Å². The average molecular weight is 211 g/mol. The number of carbonyl (C=O) groups is 2. The van der Waals surface area contributed by atoms with Crippen molar-refractivity contribution >= 4 is 17.9 Å². The van der Waals surface area contributed by atoms with Crippen LogP contribution in [-0.2, 0) is 9.59 Å². The molecular formula is C6H10N3NaO4. The van der Waals surface area contributed by atoms with Gasteiger partial charge in [0.05, 0.1) is 12.0 Å². The Hall–Kier alpha value is -0.790. The molecule has 0 aliphatic heterocycles. The van der Waals surface area contributed by atoms with Gasteiger partial charge in [0.2, 0.25) is 0 Å². The van der Waals surface area contributed by atoms with Crippen molar-refractivity contribution in [3.05, 3.63) is 0 Å². The summed E-state index contributed by atoms with van der Waals surface area (Å²) in [4.78, 5) is 20.4. The number of carboxylic acid groups (broad SMARTS) is 2. The maximum absolute atomic E-state index is 10.3. The van der Waals surface area contributed by atoms with Gasteiger partial charge in [0.25, 0.3) is 0 Å². The molecule has 0 saturated heterocycles. The minimum atomic E-state index is -1.48. The summed E-state index contributed by atoms with van der Waals surface area (Å²) in [6, 6.07) is -1.23. The van der Waals surface area contributed by atoms with Crippen molar-refractivity contribution in [3.8, 4) is 0 Å². The predicted octanol–water partition coefficient (Wildman–Crippen LogP) is -5.54. The Labute approximate surface area is 102 Å². The topological polar surface area (TPSA) is 139 Å². The molecule has 1 atom stereocenters. The van der Waals surface area contributed by atoms with Gasteiger partial charge in [-0.1, -0.05) is 0 Å². The molecule has 5 N–H and O–H groups in total. The second-order valence-electron chi connectivity index (χ2n) is 2.36. The molecule has 8 heteroatoms. The van der Waals surface area contributed by atoms with Crippen molar-refractivity contribution in [2.24, 2.45) is 5.73 Å². The first-order chi connectivity index (χ1) is 5.93. The molecule has 0 radical (unpaired) electrons. The molecule has 14 heavy (non-hydrogen) atoms. The molecular weight excluding hydrogens is 201 g/mol. The average Bonchev–Trinajstić information content (AvgIpc) is 1.96. The molecule has 1 unspecified atom stereocenters. The number of hydrogen-bond acceptors (Lipinski definition) is 4. The summed E-state index contributed by atoms with van der Waals surface area (Å²) < 4.78 is 0. The summed E-state index contributed by atoms with van der Waals surface area (Å²) in [5.41, 5.74) is 4.87. The minimum Gasteiger partial charge on any atom is -0.548 e. The Bertz CT molecular complexity index is 233. The van der Waals surface area contributed by atoms with E-state index in [0.717, 1.165) is 0 Å². The fraction of sp³-hybridized carbons (Fsp3) is 0.500. The standard InChI is InChI=1S/C6H11N3O4.Na/c7-6(8)9-3(5(12)13)1-2-4(10)11;/h3H,1-2H2,(H,10,11)(H,12,13)(H4,7,8,9);/q;+1/p-1. The molecule has 0 fully saturated rings. The molecule has 0 aromatic rings. The molecule has 0 aromatic carbocycles. The molecule has 7 nitrogen and oxygen atoms in total. The smallest absolute Gasteiger partial charge is 0.548 e. The van der Waals surface area contributed by atoms with E-state index in [4.69, 9.17) is 16.2 Å². The first-order valence-electron chi connectivity index (χ1n) is 3.46. The largest absolute Gasteiger partial charge is 1.00 e. The fourth-order valence-electron chi connectivity index (χ4n) is 0.704. The number of guanidine groups is 1. The third kappa shape index (κ3) is 7.84. The van der Waals surface area contributed by atoms with Crippen LogP contribution in [0.15, 0.2) is 0 Å². The number of carboxylic acids is 2. The molecule has 0 amide bonds. The fourth-order valence-corrected chi connectivity index (χ4v) is 0.704. The van der Waals surface area contributed by atoms with E-state index in [1.54, 1.807) is 0 Å². The van der Waals surface area contributed by atoms with Gasteiger partial charge >= 0.3 is 35.5 Å². The van der Waals surface area contributed by atoms with Crippen LogP contribution in [0.1, 0.15) is 12.8 Å². The Morgan fingerprint density at radius 2 is 2.07 bits per heavy atom. The third-order valence-electron chi connectivity index (χ3n) is 1.26. The summed E-state index contributed by atoms with van der Waals surface area (Å²) in [7, 11) is 0. The zero-order chi connectivity index (χ0) is 10.4. The van der Waals surface area contributed by atoms with Gasteiger partial charge in [-0.2, -0.15) is 0 Å². The summed E-state index contributed by atoms with van der Waals surface area (Å²) in [5.74, 6) is -3.12. The number of carbonyl (C=O) groups excluding carboxylic acids is 1. The first kappa shape index (κ1) is 15.7. The van der Waals surface area contributed by atoms with Crippen LogP contribution in [0.25, 0.3) is 0 Å². The monoisotopic (exact) mass is 211 g/mol. The van der Waals surface area contributed by atoms with E-state index < -0.39 is 23.9 Å². The van der Waals surface area contributed by atoms with Crippen molar-refractivity contribution in [3.63, 3.8) is 0 Å². The van der Waals surface area contributed by atoms with Gasteiger partial charge in [-0.15, -0.1) is 0 Å². The molecule has 0 heterocycles. The van der Waals surface area contributed by atoms with Crippen LogP contribution >= 0.6 is 0 Å². The van der Waals surface area contributed by atoms with Gasteiger partial charge in [-0.05, 0) is 6.42 Å². The van der Waals surface area contributed by atoms with Gasteiger partial charge in [0, 0.05) is 6.42 Å². The van der Waals surface area contributed by atoms with Gasteiger partial charge < -0.3 is 26.1 Å². The number of nitrogens with two attached hydrogens (primary N) is 1. The van der Waals surface area contributed by atoms with E-state index in [-0.39, 0.29) is 42.4 Å². The van der Waals surface area contributed by atoms with E-state index in [9.17, 15) is 14.7 Å². The van der Waals surface area contributed by atoms with E-state index in [1.165, 1.54) is 0 Å². The Kier molecular flexibility index (Phi) is 8.51. The van der Waals surface area contributed by atoms with Crippen molar-refractivity contribution in [1.29, 1.82) is 5.41 Å². The number of hydrogen-bond donors (Lipinski definition) is 4. The van der Waals surface area contributed by atoms with Gasteiger partial charge in [-0.25, -0.2) is 0 Å². The second kappa shape index (κ2) is 7.60.